The van der Waals surface area contributed by atoms with Crippen LogP contribution in [0.15, 0.2) is 30.3 Å². The average molecular weight is 234 g/mol. The summed E-state index contributed by atoms with van der Waals surface area (Å²) in [7, 11) is 0. The molecule has 0 aliphatic carbocycles. The third kappa shape index (κ3) is 2.71. The van der Waals surface area contributed by atoms with E-state index in [1.54, 1.807) is 6.07 Å². The highest BCUT2D eigenvalue weighted by Gasteiger charge is 2.43. The standard InChI is InChI=1S/C9H9F3N2O2/c10-9(11,12)8(16)14(13)7(15)6-4-2-1-3-5-6/h1-5,8,16H,13H2. The summed E-state index contributed by atoms with van der Waals surface area (Å²) in [4.78, 5) is 11.4. The molecular formula is C9H9F3N2O2. The molecule has 1 rings (SSSR count). The summed E-state index contributed by atoms with van der Waals surface area (Å²) in [6, 6.07) is 7.14. The minimum atomic E-state index is -4.97. The fourth-order valence-corrected chi connectivity index (χ4v) is 0.999. The molecule has 1 aromatic rings. The van der Waals surface area contributed by atoms with Crippen molar-refractivity contribution in [2.75, 3.05) is 0 Å². The monoisotopic (exact) mass is 234 g/mol. The quantitative estimate of drug-likeness (QED) is 0.345. The van der Waals surface area contributed by atoms with E-state index in [9.17, 15) is 18.0 Å². The zero-order valence-electron chi connectivity index (χ0n) is 7.98. The Kier molecular flexibility index (Phi) is 3.51. The number of carbonyl (C=O) groups excluding carboxylic acids is 1. The topological polar surface area (TPSA) is 66.6 Å². The van der Waals surface area contributed by atoms with Crippen molar-refractivity contribution >= 4 is 5.91 Å². The third-order valence-corrected chi connectivity index (χ3v) is 1.81. The SMILES string of the molecule is NN(C(=O)c1ccccc1)C(O)C(F)(F)F. The minimum Gasteiger partial charge on any atom is -0.365 e. The lowest BCUT2D eigenvalue weighted by atomic mass is 10.2. The van der Waals surface area contributed by atoms with E-state index >= 15 is 0 Å². The maximum Gasteiger partial charge on any atom is 0.434 e. The Morgan fingerprint density at radius 3 is 2.25 bits per heavy atom. The van der Waals surface area contributed by atoms with Crippen molar-refractivity contribution < 1.29 is 23.1 Å². The molecule has 0 radical (unpaired) electrons. The van der Waals surface area contributed by atoms with Gasteiger partial charge < -0.3 is 5.11 Å². The van der Waals surface area contributed by atoms with Crippen LogP contribution in [0.3, 0.4) is 0 Å². The predicted molar refractivity (Wildman–Crippen MR) is 48.9 cm³/mol. The van der Waals surface area contributed by atoms with Crippen molar-refractivity contribution in [3.63, 3.8) is 0 Å². The molecule has 1 atom stereocenters. The van der Waals surface area contributed by atoms with Gasteiger partial charge in [0.1, 0.15) is 0 Å². The summed E-state index contributed by atoms with van der Waals surface area (Å²) in [6.45, 7) is 0. The van der Waals surface area contributed by atoms with Crippen LogP contribution in [0.2, 0.25) is 0 Å². The van der Waals surface area contributed by atoms with Crippen LogP contribution in [-0.4, -0.2) is 28.4 Å². The lowest BCUT2D eigenvalue weighted by molar-refractivity contribution is -0.241. The second-order valence-corrected chi connectivity index (χ2v) is 2.99. The van der Waals surface area contributed by atoms with E-state index in [2.05, 4.69) is 0 Å². The fraction of sp³-hybridized carbons (Fsp3) is 0.222. The first-order valence-electron chi connectivity index (χ1n) is 4.22. The molecule has 3 N–H and O–H groups in total. The summed E-state index contributed by atoms with van der Waals surface area (Å²) >= 11 is 0. The molecular weight excluding hydrogens is 225 g/mol. The fourth-order valence-electron chi connectivity index (χ4n) is 0.999. The summed E-state index contributed by atoms with van der Waals surface area (Å²) in [6.07, 6.45) is -7.99. The van der Waals surface area contributed by atoms with Crippen molar-refractivity contribution in [2.24, 2.45) is 5.84 Å². The Hall–Kier alpha value is -1.60. The van der Waals surface area contributed by atoms with E-state index in [0.29, 0.717) is 0 Å². The Morgan fingerprint density at radius 1 is 1.31 bits per heavy atom. The number of nitrogens with two attached hydrogens (primary N) is 1. The third-order valence-electron chi connectivity index (χ3n) is 1.81. The van der Waals surface area contributed by atoms with Crippen LogP contribution in [0, 0.1) is 0 Å². The van der Waals surface area contributed by atoms with Crippen LogP contribution in [0.5, 0.6) is 0 Å². The van der Waals surface area contributed by atoms with Crippen molar-refractivity contribution in [1.29, 1.82) is 0 Å². The van der Waals surface area contributed by atoms with E-state index in [4.69, 9.17) is 10.9 Å². The van der Waals surface area contributed by atoms with Crippen LogP contribution in [-0.2, 0) is 0 Å². The Balaban J connectivity index is 2.84. The van der Waals surface area contributed by atoms with Crippen LogP contribution in [0.25, 0.3) is 0 Å². The van der Waals surface area contributed by atoms with Crippen LogP contribution >= 0.6 is 0 Å². The van der Waals surface area contributed by atoms with Crippen LogP contribution in [0.4, 0.5) is 13.2 Å². The van der Waals surface area contributed by atoms with E-state index in [-0.39, 0.29) is 10.6 Å². The van der Waals surface area contributed by atoms with Gasteiger partial charge >= 0.3 is 6.18 Å². The van der Waals surface area contributed by atoms with E-state index in [1.165, 1.54) is 24.3 Å². The number of hydrogen-bond donors (Lipinski definition) is 2. The maximum absolute atomic E-state index is 12.1. The first-order valence-corrected chi connectivity index (χ1v) is 4.22. The predicted octanol–water partition coefficient (Wildman–Crippen LogP) is 0.883. The van der Waals surface area contributed by atoms with Crippen molar-refractivity contribution in [2.45, 2.75) is 12.4 Å². The van der Waals surface area contributed by atoms with Gasteiger partial charge in [-0.15, -0.1) is 0 Å². The Labute approximate surface area is 89.0 Å². The number of amides is 1. The maximum atomic E-state index is 12.1. The summed E-state index contributed by atoms with van der Waals surface area (Å²) in [5, 5.41) is 8.49. The van der Waals surface area contributed by atoms with Gasteiger partial charge in [0.15, 0.2) is 0 Å². The van der Waals surface area contributed by atoms with E-state index < -0.39 is 18.3 Å². The normalized spacial score (nSPS) is 13.3. The van der Waals surface area contributed by atoms with Gasteiger partial charge in [0, 0.05) is 5.56 Å². The largest absolute Gasteiger partial charge is 0.434 e. The Morgan fingerprint density at radius 2 is 1.81 bits per heavy atom. The van der Waals surface area contributed by atoms with Gasteiger partial charge in [-0.3, -0.25) is 4.79 Å². The van der Waals surface area contributed by atoms with Crippen LogP contribution < -0.4 is 5.84 Å². The number of aliphatic hydroxyl groups is 1. The molecule has 1 amide bonds. The number of carbonyl (C=O) groups is 1. The van der Waals surface area contributed by atoms with E-state index in [1.807, 2.05) is 0 Å². The molecule has 0 bridgehead atoms. The first-order chi connectivity index (χ1) is 7.34. The number of aliphatic hydroxyl groups excluding tert-OH is 1. The number of hydrogen-bond acceptors (Lipinski definition) is 3. The van der Waals surface area contributed by atoms with Gasteiger partial charge in [-0.1, -0.05) is 18.2 Å². The number of halogens is 3. The molecule has 0 aromatic heterocycles. The highest BCUT2D eigenvalue weighted by molar-refractivity contribution is 5.93. The van der Waals surface area contributed by atoms with E-state index in [0.717, 1.165) is 0 Å². The zero-order chi connectivity index (χ0) is 12.3. The number of alkyl halides is 3. The summed E-state index contributed by atoms with van der Waals surface area (Å²) < 4.78 is 36.2. The van der Waals surface area contributed by atoms with Gasteiger partial charge in [0.25, 0.3) is 5.91 Å². The molecule has 88 valence electrons. The lowest BCUT2D eigenvalue weighted by Gasteiger charge is -2.24. The molecule has 16 heavy (non-hydrogen) atoms. The molecule has 4 nitrogen and oxygen atoms in total. The van der Waals surface area contributed by atoms with Gasteiger partial charge in [0.2, 0.25) is 6.23 Å². The second kappa shape index (κ2) is 4.50. The molecule has 0 saturated carbocycles. The van der Waals surface area contributed by atoms with Gasteiger partial charge in [0.05, 0.1) is 0 Å². The summed E-state index contributed by atoms with van der Waals surface area (Å²) in [5.74, 6) is 3.79. The molecule has 1 unspecified atom stereocenters. The summed E-state index contributed by atoms with van der Waals surface area (Å²) in [5.41, 5.74) is -0.0340. The number of benzene rings is 1. The lowest BCUT2D eigenvalue weighted by Crippen LogP contribution is -2.52. The number of rotatable bonds is 2. The van der Waals surface area contributed by atoms with Gasteiger partial charge in [-0.25, -0.2) is 10.9 Å². The molecule has 0 aliphatic rings. The van der Waals surface area contributed by atoms with Crippen molar-refractivity contribution in [1.82, 2.24) is 5.01 Å². The first kappa shape index (κ1) is 12.5. The molecule has 0 spiro atoms. The van der Waals surface area contributed by atoms with Gasteiger partial charge in [-0.2, -0.15) is 13.2 Å². The Bertz CT molecular complexity index is 367. The van der Waals surface area contributed by atoms with Crippen molar-refractivity contribution in [3.05, 3.63) is 35.9 Å². The highest BCUT2D eigenvalue weighted by Crippen LogP contribution is 2.22. The number of nitrogens with zero attached hydrogens (tertiary/aromatic N) is 1. The average Bonchev–Trinajstić information content (AvgIpc) is 2.26. The molecule has 0 heterocycles. The molecule has 0 aliphatic heterocycles. The zero-order valence-corrected chi connectivity index (χ0v) is 7.98. The molecule has 0 saturated heterocycles. The van der Waals surface area contributed by atoms with Crippen molar-refractivity contribution in [3.8, 4) is 0 Å². The van der Waals surface area contributed by atoms with Gasteiger partial charge in [-0.05, 0) is 12.1 Å². The highest BCUT2D eigenvalue weighted by atomic mass is 19.4. The molecule has 7 heteroatoms. The minimum absolute atomic E-state index is 0.0340. The number of hydrazine groups is 1. The molecule has 1 aromatic carbocycles. The second-order valence-electron chi connectivity index (χ2n) is 2.99. The van der Waals surface area contributed by atoms with Crippen LogP contribution in [0.1, 0.15) is 10.4 Å². The molecule has 0 fully saturated rings. The smallest absolute Gasteiger partial charge is 0.365 e.